The Morgan fingerprint density at radius 2 is 2.35 bits per heavy atom. The summed E-state index contributed by atoms with van der Waals surface area (Å²) in [5.74, 6) is 0.316. The smallest absolute Gasteiger partial charge is 0.343 e. The maximum Gasteiger partial charge on any atom is 0.343 e. The first-order chi connectivity index (χ1) is 11.2. The number of Topliss-reactive ketones (excluding diaryl/α,β-unsaturated/α-hetero) is 1. The number of nitrogens with zero attached hydrogens (tertiary/aromatic N) is 2. The Labute approximate surface area is 136 Å². The number of methoxy groups -OCH3 is 1. The molecule has 3 heterocycles. The van der Waals surface area contributed by atoms with Crippen molar-refractivity contribution >= 4 is 28.9 Å². The van der Waals surface area contributed by atoms with E-state index in [4.69, 9.17) is 4.74 Å². The lowest BCUT2D eigenvalue weighted by atomic mass is 9.88. The molecular weight excluding hydrogens is 314 g/mol. The highest BCUT2D eigenvalue weighted by Crippen LogP contribution is 2.42. The van der Waals surface area contributed by atoms with Crippen LogP contribution in [0.1, 0.15) is 40.5 Å². The van der Waals surface area contributed by atoms with Crippen LogP contribution < -0.4 is 5.32 Å². The Morgan fingerprint density at radius 3 is 3.09 bits per heavy atom. The molecule has 1 aliphatic heterocycles. The van der Waals surface area contributed by atoms with Gasteiger partial charge in [-0.3, -0.25) is 4.79 Å². The first-order valence-corrected chi connectivity index (χ1v) is 8.31. The van der Waals surface area contributed by atoms with E-state index in [1.807, 2.05) is 17.5 Å². The normalized spacial score (nSPS) is 19.9. The molecular formula is C16H15N3O3S. The number of ether oxygens (including phenoxy) is 1. The average Bonchev–Trinajstić information content (AvgIpc) is 3.22. The number of carbonyl (C=O) groups excluding carboxylic acids is 2. The molecule has 7 heteroatoms. The topological polar surface area (TPSA) is 73.2 Å². The van der Waals surface area contributed by atoms with Crippen molar-refractivity contribution in [3.05, 3.63) is 45.4 Å². The maximum atomic E-state index is 12.5. The van der Waals surface area contributed by atoms with Crippen LogP contribution in [0, 0.1) is 0 Å². The minimum Gasteiger partial charge on any atom is -0.465 e. The number of ketones is 1. The summed E-state index contributed by atoms with van der Waals surface area (Å²) in [5.41, 5.74) is 2.06. The molecule has 0 aromatic carbocycles. The largest absolute Gasteiger partial charge is 0.465 e. The van der Waals surface area contributed by atoms with Crippen LogP contribution in [0.15, 0.2) is 35.0 Å². The van der Waals surface area contributed by atoms with E-state index >= 15 is 0 Å². The Hall–Kier alpha value is -2.41. The summed E-state index contributed by atoms with van der Waals surface area (Å²) in [6.07, 6.45) is 3.68. The van der Waals surface area contributed by atoms with Crippen LogP contribution in [0.2, 0.25) is 0 Å². The Bertz CT molecular complexity index is 820. The molecule has 0 unspecified atom stereocenters. The highest BCUT2D eigenvalue weighted by molar-refractivity contribution is 7.10. The number of esters is 1. The van der Waals surface area contributed by atoms with E-state index in [-0.39, 0.29) is 11.8 Å². The number of hydrogen-bond acceptors (Lipinski definition) is 6. The van der Waals surface area contributed by atoms with Gasteiger partial charge in [-0.1, -0.05) is 6.07 Å². The van der Waals surface area contributed by atoms with Crippen molar-refractivity contribution in [2.24, 2.45) is 0 Å². The molecule has 1 atom stereocenters. The van der Waals surface area contributed by atoms with E-state index in [0.29, 0.717) is 17.8 Å². The number of rotatable bonds is 2. The molecule has 0 saturated carbocycles. The van der Waals surface area contributed by atoms with Gasteiger partial charge in [0.05, 0.1) is 13.3 Å². The van der Waals surface area contributed by atoms with E-state index in [1.54, 1.807) is 16.0 Å². The van der Waals surface area contributed by atoms with Crippen LogP contribution in [-0.2, 0) is 9.53 Å². The molecule has 2 aliphatic rings. The molecule has 2 aromatic heterocycles. The van der Waals surface area contributed by atoms with Gasteiger partial charge in [-0.05, 0) is 24.3 Å². The van der Waals surface area contributed by atoms with E-state index in [0.717, 1.165) is 29.0 Å². The van der Waals surface area contributed by atoms with E-state index in [9.17, 15) is 9.59 Å². The van der Waals surface area contributed by atoms with Crippen molar-refractivity contribution in [1.82, 2.24) is 9.78 Å². The highest BCUT2D eigenvalue weighted by atomic mass is 32.1. The SMILES string of the molecule is COC(=O)c1cnn2c1NC1=C(C(=O)CCC1)[C@H]2c1cccs1. The van der Waals surface area contributed by atoms with E-state index < -0.39 is 5.97 Å². The third kappa shape index (κ3) is 2.11. The van der Waals surface area contributed by atoms with Crippen LogP contribution in [0.25, 0.3) is 0 Å². The fraction of sp³-hybridized carbons (Fsp3) is 0.312. The predicted molar refractivity (Wildman–Crippen MR) is 85.5 cm³/mol. The fourth-order valence-electron chi connectivity index (χ4n) is 3.23. The summed E-state index contributed by atoms with van der Waals surface area (Å²) in [7, 11) is 1.35. The Balaban J connectivity index is 1.91. The molecule has 0 bridgehead atoms. The molecule has 0 saturated heterocycles. The standard InChI is InChI=1S/C16H15N3O3S/c1-22-16(21)9-8-17-19-14(12-6-3-7-23-12)13-10(18-15(9)19)4-2-5-11(13)20/h3,6-8,14,18H,2,4-5H2,1H3/t14-/m1/s1. The second-order valence-corrected chi connectivity index (χ2v) is 6.53. The highest BCUT2D eigenvalue weighted by Gasteiger charge is 2.38. The Kier molecular flexibility index (Phi) is 3.30. The molecule has 2 aromatic rings. The van der Waals surface area contributed by atoms with Crippen molar-refractivity contribution in [2.45, 2.75) is 25.3 Å². The molecule has 0 fully saturated rings. The first kappa shape index (κ1) is 14.2. The van der Waals surface area contributed by atoms with Gasteiger partial charge in [-0.15, -0.1) is 11.3 Å². The van der Waals surface area contributed by atoms with Crippen LogP contribution in [0.3, 0.4) is 0 Å². The number of nitrogens with one attached hydrogen (secondary N) is 1. The predicted octanol–water partition coefficient (Wildman–Crippen LogP) is 2.75. The van der Waals surface area contributed by atoms with Gasteiger partial charge in [0, 0.05) is 22.6 Å². The van der Waals surface area contributed by atoms with Crippen LogP contribution in [-0.4, -0.2) is 28.6 Å². The number of aromatic nitrogens is 2. The molecule has 4 rings (SSSR count). The van der Waals surface area contributed by atoms with Crippen LogP contribution in [0.5, 0.6) is 0 Å². The molecule has 0 radical (unpaired) electrons. The zero-order chi connectivity index (χ0) is 16.0. The van der Waals surface area contributed by atoms with Crippen molar-refractivity contribution in [2.75, 3.05) is 12.4 Å². The molecule has 6 nitrogen and oxygen atoms in total. The van der Waals surface area contributed by atoms with Gasteiger partial charge in [-0.25, -0.2) is 9.48 Å². The summed E-state index contributed by atoms with van der Waals surface area (Å²) in [6.45, 7) is 0. The second-order valence-electron chi connectivity index (χ2n) is 5.55. The van der Waals surface area contributed by atoms with Crippen molar-refractivity contribution in [3.8, 4) is 0 Å². The maximum absolute atomic E-state index is 12.5. The summed E-state index contributed by atoms with van der Waals surface area (Å²) >= 11 is 1.58. The average molecular weight is 329 g/mol. The van der Waals surface area contributed by atoms with Crippen molar-refractivity contribution < 1.29 is 14.3 Å². The lowest BCUT2D eigenvalue weighted by Crippen LogP contribution is -2.31. The quantitative estimate of drug-likeness (QED) is 0.858. The minimum atomic E-state index is -0.435. The number of anilines is 1. The van der Waals surface area contributed by atoms with Crippen LogP contribution in [0.4, 0.5) is 5.82 Å². The van der Waals surface area contributed by atoms with Crippen molar-refractivity contribution in [1.29, 1.82) is 0 Å². The van der Waals surface area contributed by atoms with E-state index in [1.165, 1.54) is 13.3 Å². The Morgan fingerprint density at radius 1 is 1.48 bits per heavy atom. The summed E-state index contributed by atoms with van der Waals surface area (Å²) in [5, 5.41) is 9.59. The minimum absolute atomic E-state index is 0.151. The number of thiophene rings is 1. The summed E-state index contributed by atoms with van der Waals surface area (Å²) < 4.78 is 6.55. The lowest BCUT2D eigenvalue weighted by Gasteiger charge is -2.32. The molecule has 1 aliphatic carbocycles. The third-order valence-electron chi connectivity index (χ3n) is 4.26. The summed E-state index contributed by atoms with van der Waals surface area (Å²) in [6, 6.07) is 3.68. The number of fused-ring (bicyclic) bond motifs is 1. The first-order valence-electron chi connectivity index (χ1n) is 7.43. The second kappa shape index (κ2) is 5.34. The number of hydrogen-bond donors (Lipinski definition) is 1. The lowest BCUT2D eigenvalue weighted by molar-refractivity contribution is -0.116. The molecule has 0 amide bonds. The monoisotopic (exact) mass is 329 g/mol. The third-order valence-corrected chi connectivity index (χ3v) is 5.18. The van der Waals surface area contributed by atoms with Gasteiger partial charge in [0.1, 0.15) is 17.4 Å². The van der Waals surface area contributed by atoms with Gasteiger partial charge in [0.25, 0.3) is 0 Å². The molecule has 118 valence electrons. The van der Waals surface area contributed by atoms with Gasteiger partial charge in [-0.2, -0.15) is 5.10 Å². The number of allylic oxidation sites excluding steroid dienone is 2. The van der Waals surface area contributed by atoms with Gasteiger partial charge < -0.3 is 10.1 Å². The van der Waals surface area contributed by atoms with Gasteiger partial charge >= 0.3 is 5.97 Å². The number of carbonyl (C=O) groups is 2. The summed E-state index contributed by atoms with van der Waals surface area (Å²) in [4.78, 5) is 25.5. The van der Waals surface area contributed by atoms with Crippen LogP contribution >= 0.6 is 11.3 Å². The molecule has 1 N–H and O–H groups in total. The zero-order valence-corrected chi connectivity index (χ0v) is 13.4. The van der Waals surface area contributed by atoms with Gasteiger partial charge in [0.2, 0.25) is 0 Å². The molecule has 0 spiro atoms. The van der Waals surface area contributed by atoms with E-state index in [2.05, 4.69) is 10.4 Å². The van der Waals surface area contributed by atoms with Gasteiger partial charge in [0.15, 0.2) is 5.78 Å². The fourth-order valence-corrected chi connectivity index (χ4v) is 4.05. The molecule has 23 heavy (non-hydrogen) atoms. The zero-order valence-electron chi connectivity index (χ0n) is 12.5. The van der Waals surface area contributed by atoms with Crippen molar-refractivity contribution in [3.63, 3.8) is 0 Å².